The molecule has 0 bridgehead atoms. The molecular formula is C18H31NO. The van der Waals surface area contributed by atoms with Crippen LogP contribution in [0, 0.1) is 19.3 Å². The van der Waals surface area contributed by atoms with Gasteiger partial charge in [0.2, 0.25) is 0 Å². The number of nitrogens with one attached hydrogen (secondary N) is 1. The Morgan fingerprint density at radius 2 is 1.85 bits per heavy atom. The Morgan fingerprint density at radius 1 is 1.20 bits per heavy atom. The SMILES string of the molecule is CCNC(Cc1cc(C)ccc1C)C(OC)C(C)(C)C. The van der Waals surface area contributed by atoms with E-state index in [9.17, 15) is 0 Å². The zero-order valence-corrected chi connectivity index (χ0v) is 14.2. The maximum absolute atomic E-state index is 5.81. The van der Waals surface area contributed by atoms with E-state index < -0.39 is 0 Å². The maximum Gasteiger partial charge on any atom is 0.0775 e. The molecule has 0 saturated heterocycles. The Bertz CT molecular complexity index is 420. The lowest BCUT2D eigenvalue weighted by Gasteiger charge is -2.36. The molecule has 0 aliphatic carbocycles. The summed E-state index contributed by atoms with van der Waals surface area (Å²) < 4.78 is 5.81. The van der Waals surface area contributed by atoms with Crippen LogP contribution in [0.25, 0.3) is 0 Å². The molecule has 1 N–H and O–H groups in total. The molecule has 1 aromatic rings. The molecule has 1 aromatic carbocycles. The van der Waals surface area contributed by atoms with Crippen LogP contribution < -0.4 is 5.32 Å². The van der Waals surface area contributed by atoms with Crippen molar-refractivity contribution >= 4 is 0 Å². The molecular weight excluding hydrogens is 246 g/mol. The Balaban J connectivity index is 2.99. The van der Waals surface area contributed by atoms with Crippen LogP contribution in [0.1, 0.15) is 44.4 Å². The Hall–Kier alpha value is -0.860. The van der Waals surface area contributed by atoms with Crippen molar-refractivity contribution in [3.05, 3.63) is 34.9 Å². The summed E-state index contributed by atoms with van der Waals surface area (Å²) >= 11 is 0. The molecule has 0 radical (unpaired) electrons. The average Bonchev–Trinajstić information content (AvgIpc) is 2.33. The quantitative estimate of drug-likeness (QED) is 0.852. The summed E-state index contributed by atoms with van der Waals surface area (Å²) in [6, 6.07) is 7.03. The van der Waals surface area contributed by atoms with E-state index in [0.29, 0.717) is 6.04 Å². The summed E-state index contributed by atoms with van der Waals surface area (Å²) in [4.78, 5) is 0. The van der Waals surface area contributed by atoms with Crippen molar-refractivity contribution in [2.24, 2.45) is 5.41 Å². The number of likely N-dealkylation sites (N-methyl/N-ethyl adjacent to an activating group) is 1. The molecule has 114 valence electrons. The summed E-state index contributed by atoms with van der Waals surface area (Å²) in [5.41, 5.74) is 4.23. The van der Waals surface area contributed by atoms with Crippen LogP contribution in [0.15, 0.2) is 18.2 Å². The number of methoxy groups -OCH3 is 1. The second-order valence-electron chi connectivity index (χ2n) is 6.82. The Labute approximate surface area is 124 Å². The van der Waals surface area contributed by atoms with Crippen molar-refractivity contribution in [2.75, 3.05) is 13.7 Å². The Kier molecular flexibility index (Phi) is 6.22. The van der Waals surface area contributed by atoms with Crippen molar-refractivity contribution in [1.82, 2.24) is 5.32 Å². The molecule has 2 unspecified atom stereocenters. The summed E-state index contributed by atoms with van der Waals surface area (Å²) in [6.45, 7) is 14.2. The highest BCUT2D eigenvalue weighted by atomic mass is 16.5. The van der Waals surface area contributed by atoms with Crippen LogP contribution in [0.3, 0.4) is 0 Å². The minimum atomic E-state index is 0.124. The molecule has 2 nitrogen and oxygen atoms in total. The van der Waals surface area contributed by atoms with Gasteiger partial charge in [-0.3, -0.25) is 0 Å². The van der Waals surface area contributed by atoms with Gasteiger partial charge in [-0.05, 0) is 43.4 Å². The van der Waals surface area contributed by atoms with Gasteiger partial charge in [0.05, 0.1) is 6.10 Å². The van der Waals surface area contributed by atoms with E-state index in [4.69, 9.17) is 4.74 Å². The van der Waals surface area contributed by atoms with Crippen LogP contribution in [0.5, 0.6) is 0 Å². The molecule has 0 aliphatic rings. The van der Waals surface area contributed by atoms with Crippen molar-refractivity contribution in [1.29, 1.82) is 0 Å². The van der Waals surface area contributed by atoms with E-state index in [1.807, 2.05) is 7.11 Å². The van der Waals surface area contributed by atoms with Gasteiger partial charge in [0.1, 0.15) is 0 Å². The third-order valence-corrected chi connectivity index (χ3v) is 3.88. The van der Waals surface area contributed by atoms with E-state index >= 15 is 0 Å². The lowest BCUT2D eigenvalue weighted by molar-refractivity contribution is -0.0106. The number of ether oxygens (including phenoxy) is 1. The lowest BCUT2D eigenvalue weighted by atomic mass is 9.81. The summed E-state index contributed by atoms with van der Waals surface area (Å²) in [5, 5.41) is 3.61. The molecule has 0 aliphatic heterocycles. The van der Waals surface area contributed by atoms with Gasteiger partial charge in [-0.2, -0.15) is 0 Å². The van der Waals surface area contributed by atoms with E-state index in [1.54, 1.807) is 0 Å². The standard InChI is InChI=1S/C18H31NO/c1-8-19-16(17(20-7)18(4,5)6)12-15-11-13(2)9-10-14(15)3/h9-11,16-17,19H,8,12H2,1-7H3. The molecule has 0 spiro atoms. The highest BCUT2D eigenvalue weighted by Crippen LogP contribution is 2.27. The van der Waals surface area contributed by atoms with E-state index in [1.165, 1.54) is 16.7 Å². The maximum atomic E-state index is 5.81. The molecule has 20 heavy (non-hydrogen) atoms. The monoisotopic (exact) mass is 277 g/mol. The van der Waals surface area contributed by atoms with Crippen molar-refractivity contribution < 1.29 is 4.74 Å². The number of aryl methyl sites for hydroxylation is 2. The smallest absolute Gasteiger partial charge is 0.0775 e. The molecule has 0 heterocycles. The Morgan fingerprint density at radius 3 is 2.35 bits per heavy atom. The highest BCUT2D eigenvalue weighted by Gasteiger charge is 2.32. The fraction of sp³-hybridized carbons (Fsp3) is 0.667. The van der Waals surface area contributed by atoms with Gasteiger partial charge in [0.25, 0.3) is 0 Å². The molecule has 1 rings (SSSR count). The van der Waals surface area contributed by atoms with E-state index in [0.717, 1.165) is 13.0 Å². The minimum absolute atomic E-state index is 0.124. The molecule has 2 heteroatoms. The number of rotatable bonds is 6. The lowest BCUT2D eigenvalue weighted by Crippen LogP contribution is -2.49. The molecule has 0 saturated carbocycles. The van der Waals surface area contributed by atoms with Crippen molar-refractivity contribution in [3.8, 4) is 0 Å². The second kappa shape index (κ2) is 7.24. The number of benzene rings is 1. The van der Waals surface area contributed by atoms with Crippen molar-refractivity contribution in [2.45, 2.75) is 60.1 Å². The van der Waals surface area contributed by atoms with Crippen LogP contribution in [-0.2, 0) is 11.2 Å². The predicted molar refractivity (Wildman–Crippen MR) is 87.3 cm³/mol. The van der Waals surface area contributed by atoms with Gasteiger partial charge in [0, 0.05) is 13.2 Å². The van der Waals surface area contributed by atoms with Gasteiger partial charge in [-0.25, -0.2) is 0 Å². The first-order chi connectivity index (χ1) is 9.29. The summed E-state index contributed by atoms with van der Waals surface area (Å²) in [6.07, 6.45) is 1.21. The highest BCUT2D eigenvalue weighted by molar-refractivity contribution is 5.31. The van der Waals surface area contributed by atoms with Crippen LogP contribution >= 0.6 is 0 Å². The third-order valence-electron chi connectivity index (χ3n) is 3.88. The molecule has 0 aromatic heterocycles. The number of hydrogen-bond acceptors (Lipinski definition) is 2. The summed E-state index contributed by atoms with van der Waals surface area (Å²) in [7, 11) is 1.82. The summed E-state index contributed by atoms with van der Waals surface area (Å²) in [5.74, 6) is 0. The van der Waals surface area contributed by atoms with Crippen LogP contribution in [0.4, 0.5) is 0 Å². The zero-order chi connectivity index (χ0) is 15.3. The molecule has 0 fully saturated rings. The first-order valence-electron chi connectivity index (χ1n) is 7.62. The van der Waals surface area contributed by atoms with Gasteiger partial charge in [-0.1, -0.05) is 51.5 Å². The molecule has 0 amide bonds. The van der Waals surface area contributed by atoms with Gasteiger partial charge < -0.3 is 10.1 Å². The fourth-order valence-electron chi connectivity index (χ4n) is 2.93. The van der Waals surface area contributed by atoms with Crippen LogP contribution in [0.2, 0.25) is 0 Å². The second-order valence-corrected chi connectivity index (χ2v) is 6.82. The van der Waals surface area contributed by atoms with E-state index in [2.05, 4.69) is 65.1 Å². The number of hydrogen-bond donors (Lipinski definition) is 1. The first kappa shape index (κ1) is 17.2. The van der Waals surface area contributed by atoms with Gasteiger partial charge >= 0.3 is 0 Å². The normalized spacial score (nSPS) is 15.2. The van der Waals surface area contributed by atoms with Crippen LogP contribution in [-0.4, -0.2) is 25.8 Å². The first-order valence-corrected chi connectivity index (χ1v) is 7.62. The fourth-order valence-corrected chi connectivity index (χ4v) is 2.93. The predicted octanol–water partition coefficient (Wildman–Crippen LogP) is 3.89. The molecule has 2 atom stereocenters. The average molecular weight is 277 g/mol. The van der Waals surface area contributed by atoms with Gasteiger partial charge in [-0.15, -0.1) is 0 Å². The van der Waals surface area contributed by atoms with Crippen molar-refractivity contribution in [3.63, 3.8) is 0 Å². The zero-order valence-electron chi connectivity index (χ0n) is 14.2. The minimum Gasteiger partial charge on any atom is -0.379 e. The largest absolute Gasteiger partial charge is 0.379 e. The topological polar surface area (TPSA) is 21.3 Å². The third kappa shape index (κ3) is 4.60. The van der Waals surface area contributed by atoms with Gasteiger partial charge in [0.15, 0.2) is 0 Å². The van der Waals surface area contributed by atoms with E-state index in [-0.39, 0.29) is 11.5 Å².